The number of H-pyrrole nitrogens is 1. The molecule has 0 saturated carbocycles. The SMILES string of the molecule is Cc1[nH]ncc1CNC(C)Cc1ccc(Br)cc1. The van der Waals surface area contributed by atoms with Gasteiger partial charge in [0.05, 0.1) is 6.20 Å². The fourth-order valence-corrected chi connectivity index (χ4v) is 2.15. The van der Waals surface area contributed by atoms with Crippen molar-refractivity contribution in [2.45, 2.75) is 32.9 Å². The first-order chi connectivity index (χ1) is 8.65. The number of nitrogens with one attached hydrogen (secondary N) is 2. The molecule has 1 atom stereocenters. The largest absolute Gasteiger partial charge is 0.310 e. The van der Waals surface area contributed by atoms with Crippen LogP contribution in [0.2, 0.25) is 0 Å². The van der Waals surface area contributed by atoms with Crippen molar-refractivity contribution in [2.24, 2.45) is 0 Å². The molecule has 0 aliphatic carbocycles. The van der Waals surface area contributed by atoms with E-state index in [0.29, 0.717) is 6.04 Å². The lowest BCUT2D eigenvalue weighted by Gasteiger charge is -2.13. The highest BCUT2D eigenvalue weighted by Gasteiger charge is 2.05. The molecule has 1 aromatic heterocycles. The van der Waals surface area contributed by atoms with Gasteiger partial charge < -0.3 is 5.32 Å². The molecule has 2 rings (SSSR count). The maximum Gasteiger partial charge on any atom is 0.0535 e. The van der Waals surface area contributed by atoms with Crippen LogP contribution < -0.4 is 5.32 Å². The van der Waals surface area contributed by atoms with Crippen LogP contribution in [0.5, 0.6) is 0 Å². The molecule has 0 fully saturated rings. The van der Waals surface area contributed by atoms with Crippen molar-refractivity contribution in [1.29, 1.82) is 0 Å². The van der Waals surface area contributed by atoms with E-state index in [0.717, 1.165) is 23.1 Å². The van der Waals surface area contributed by atoms with Crippen LogP contribution in [-0.2, 0) is 13.0 Å². The van der Waals surface area contributed by atoms with Gasteiger partial charge in [-0.15, -0.1) is 0 Å². The lowest BCUT2D eigenvalue weighted by Crippen LogP contribution is -2.27. The topological polar surface area (TPSA) is 40.7 Å². The van der Waals surface area contributed by atoms with Gasteiger partial charge in [-0.05, 0) is 38.0 Å². The van der Waals surface area contributed by atoms with Crippen molar-refractivity contribution in [2.75, 3.05) is 0 Å². The Morgan fingerprint density at radius 1 is 1.33 bits per heavy atom. The number of halogens is 1. The number of hydrogen-bond acceptors (Lipinski definition) is 2. The fraction of sp³-hybridized carbons (Fsp3) is 0.357. The smallest absolute Gasteiger partial charge is 0.0535 e. The molecule has 1 unspecified atom stereocenters. The van der Waals surface area contributed by atoms with Crippen molar-refractivity contribution in [3.05, 3.63) is 51.8 Å². The molecule has 0 spiro atoms. The van der Waals surface area contributed by atoms with E-state index < -0.39 is 0 Å². The molecule has 3 nitrogen and oxygen atoms in total. The second-order valence-corrected chi connectivity index (χ2v) is 5.55. The normalized spacial score (nSPS) is 12.6. The number of hydrogen-bond donors (Lipinski definition) is 2. The van der Waals surface area contributed by atoms with E-state index in [1.807, 2.05) is 13.1 Å². The standard InChI is InChI=1S/C14H18BrN3/c1-10(7-12-3-5-14(15)6-4-12)16-8-13-9-17-18-11(13)2/h3-6,9-10,16H,7-8H2,1-2H3,(H,17,18). The minimum Gasteiger partial charge on any atom is -0.310 e. The summed E-state index contributed by atoms with van der Waals surface area (Å²) in [4.78, 5) is 0. The Balaban J connectivity index is 1.83. The van der Waals surface area contributed by atoms with Gasteiger partial charge in [-0.3, -0.25) is 5.10 Å². The molecule has 1 aromatic carbocycles. The summed E-state index contributed by atoms with van der Waals surface area (Å²) >= 11 is 3.45. The van der Waals surface area contributed by atoms with Crippen molar-refractivity contribution < 1.29 is 0 Å². The van der Waals surface area contributed by atoms with E-state index in [1.165, 1.54) is 11.1 Å². The Labute approximate surface area is 116 Å². The number of benzene rings is 1. The summed E-state index contributed by atoms with van der Waals surface area (Å²) in [5.74, 6) is 0. The first kappa shape index (κ1) is 13.3. The van der Waals surface area contributed by atoms with Gasteiger partial charge in [0.1, 0.15) is 0 Å². The molecule has 96 valence electrons. The van der Waals surface area contributed by atoms with Crippen molar-refractivity contribution in [1.82, 2.24) is 15.5 Å². The van der Waals surface area contributed by atoms with Gasteiger partial charge in [0, 0.05) is 28.3 Å². The van der Waals surface area contributed by atoms with Gasteiger partial charge in [-0.25, -0.2) is 0 Å². The zero-order valence-electron chi connectivity index (χ0n) is 10.7. The molecule has 2 N–H and O–H groups in total. The number of aromatic amines is 1. The highest BCUT2D eigenvalue weighted by Crippen LogP contribution is 2.12. The van der Waals surface area contributed by atoms with Crippen LogP contribution in [0, 0.1) is 6.92 Å². The first-order valence-electron chi connectivity index (χ1n) is 6.12. The molecular weight excluding hydrogens is 290 g/mol. The number of nitrogens with zero attached hydrogens (tertiary/aromatic N) is 1. The van der Waals surface area contributed by atoms with E-state index in [2.05, 4.69) is 62.6 Å². The second-order valence-electron chi connectivity index (χ2n) is 4.63. The van der Waals surface area contributed by atoms with Gasteiger partial charge in [-0.2, -0.15) is 5.10 Å². The second kappa shape index (κ2) is 6.16. The third kappa shape index (κ3) is 3.68. The molecule has 0 amide bonds. The average Bonchev–Trinajstić information content (AvgIpc) is 2.75. The van der Waals surface area contributed by atoms with Crippen molar-refractivity contribution >= 4 is 15.9 Å². The summed E-state index contributed by atoms with van der Waals surface area (Å²) in [5.41, 5.74) is 3.72. The van der Waals surface area contributed by atoms with Crippen LogP contribution in [0.3, 0.4) is 0 Å². The summed E-state index contributed by atoms with van der Waals surface area (Å²) < 4.78 is 1.13. The number of aryl methyl sites for hydroxylation is 1. The quantitative estimate of drug-likeness (QED) is 0.890. The summed E-state index contributed by atoms with van der Waals surface area (Å²) in [6.45, 7) is 5.11. The monoisotopic (exact) mass is 307 g/mol. The predicted octanol–water partition coefficient (Wildman–Crippen LogP) is 3.20. The minimum atomic E-state index is 0.445. The predicted molar refractivity (Wildman–Crippen MR) is 77.5 cm³/mol. The van der Waals surface area contributed by atoms with E-state index in [9.17, 15) is 0 Å². The van der Waals surface area contributed by atoms with Gasteiger partial charge in [0.25, 0.3) is 0 Å². The molecule has 0 radical (unpaired) electrons. The van der Waals surface area contributed by atoms with Crippen LogP contribution in [-0.4, -0.2) is 16.2 Å². The Morgan fingerprint density at radius 3 is 2.67 bits per heavy atom. The highest BCUT2D eigenvalue weighted by molar-refractivity contribution is 9.10. The molecule has 0 saturated heterocycles. The van der Waals surface area contributed by atoms with Crippen LogP contribution >= 0.6 is 15.9 Å². The van der Waals surface area contributed by atoms with Crippen LogP contribution in [0.1, 0.15) is 23.7 Å². The maximum atomic E-state index is 4.02. The maximum absolute atomic E-state index is 4.02. The Kier molecular flexibility index (Phi) is 4.55. The average molecular weight is 308 g/mol. The van der Waals surface area contributed by atoms with E-state index in [4.69, 9.17) is 0 Å². The minimum absolute atomic E-state index is 0.445. The summed E-state index contributed by atoms with van der Waals surface area (Å²) in [5, 5.41) is 10.5. The number of aromatic nitrogens is 2. The Hall–Kier alpha value is -1.13. The van der Waals surface area contributed by atoms with E-state index in [-0.39, 0.29) is 0 Å². The molecule has 2 aromatic rings. The Bertz CT molecular complexity index is 490. The van der Waals surface area contributed by atoms with Gasteiger partial charge in [0.15, 0.2) is 0 Å². The lowest BCUT2D eigenvalue weighted by atomic mass is 10.1. The van der Waals surface area contributed by atoms with Crippen molar-refractivity contribution in [3.8, 4) is 0 Å². The van der Waals surface area contributed by atoms with Crippen LogP contribution in [0.25, 0.3) is 0 Å². The van der Waals surface area contributed by atoms with Gasteiger partial charge in [-0.1, -0.05) is 28.1 Å². The van der Waals surface area contributed by atoms with Gasteiger partial charge in [0.2, 0.25) is 0 Å². The Morgan fingerprint density at radius 2 is 2.06 bits per heavy atom. The molecule has 0 bridgehead atoms. The molecule has 0 aliphatic rings. The summed E-state index contributed by atoms with van der Waals surface area (Å²) in [6, 6.07) is 8.93. The molecule has 18 heavy (non-hydrogen) atoms. The van der Waals surface area contributed by atoms with Crippen molar-refractivity contribution in [3.63, 3.8) is 0 Å². The van der Waals surface area contributed by atoms with E-state index in [1.54, 1.807) is 0 Å². The molecule has 1 heterocycles. The fourth-order valence-electron chi connectivity index (χ4n) is 1.88. The molecule has 0 aliphatic heterocycles. The zero-order chi connectivity index (χ0) is 13.0. The van der Waals surface area contributed by atoms with Crippen LogP contribution in [0.4, 0.5) is 0 Å². The molecular formula is C14H18BrN3. The third-order valence-electron chi connectivity index (χ3n) is 3.03. The highest BCUT2D eigenvalue weighted by atomic mass is 79.9. The summed E-state index contributed by atoms with van der Waals surface area (Å²) in [6.07, 6.45) is 2.92. The summed E-state index contributed by atoms with van der Waals surface area (Å²) in [7, 11) is 0. The molecule has 4 heteroatoms. The van der Waals surface area contributed by atoms with E-state index >= 15 is 0 Å². The van der Waals surface area contributed by atoms with Crippen LogP contribution in [0.15, 0.2) is 34.9 Å². The lowest BCUT2D eigenvalue weighted by molar-refractivity contribution is 0.544. The number of rotatable bonds is 5. The van der Waals surface area contributed by atoms with Gasteiger partial charge >= 0.3 is 0 Å². The zero-order valence-corrected chi connectivity index (χ0v) is 12.3. The third-order valence-corrected chi connectivity index (χ3v) is 3.56. The first-order valence-corrected chi connectivity index (χ1v) is 6.91.